The number of likely N-dealkylation sites (tertiary alicyclic amines) is 1. The van der Waals surface area contributed by atoms with Gasteiger partial charge in [-0.05, 0) is 12.8 Å². The van der Waals surface area contributed by atoms with Crippen LogP contribution in [0, 0.1) is 0 Å². The number of esters is 1. The first-order valence-electron chi connectivity index (χ1n) is 6.06. The van der Waals surface area contributed by atoms with Crippen LogP contribution in [0.3, 0.4) is 0 Å². The van der Waals surface area contributed by atoms with Crippen LogP contribution in [-0.2, 0) is 19.1 Å². The topological polar surface area (TPSA) is 125 Å². The van der Waals surface area contributed by atoms with Crippen LogP contribution < -0.4 is 10.6 Å². The minimum absolute atomic E-state index is 0.351. The lowest BCUT2D eigenvalue weighted by molar-refractivity contribution is -0.145. The Bertz CT molecular complexity index is 411. The van der Waals surface area contributed by atoms with E-state index >= 15 is 0 Å². The number of urea groups is 1. The smallest absolute Gasteiger partial charge is 0.328 e. The molecule has 1 heterocycles. The van der Waals surface area contributed by atoms with E-state index in [1.54, 1.807) is 0 Å². The van der Waals surface area contributed by atoms with Crippen molar-refractivity contribution in [3.05, 3.63) is 0 Å². The third-order valence-corrected chi connectivity index (χ3v) is 2.82. The van der Waals surface area contributed by atoms with Crippen molar-refractivity contribution >= 4 is 23.9 Å². The molecule has 0 spiro atoms. The Morgan fingerprint density at radius 1 is 1.25 bits per heavy atom. The molecule has 1 saturated heterocycles. The first kappa shape index (κ1) is 15.7. The molecule has 1 unspecified atom stereocenters. The summed E-state index contributed by atoms with van der Waals surface area (Å²) in [6.45, 7) is -0.456. The van der Waals surface area contributed by atoms with Crippen LogP contribution in [0.2, 0.25) is 0 Å². The molecule has 3 N–H and O–H groups in total. The average Bonchev–Trinajstić information content (AvgIpc) is 2.90. The molecular formula is C11H17N3O6. The third-order valence-electron chi connectivity index (χ3n) is 2.82. The van der Waals surface area contributed by atoms with E-state index in [1.165, 1.54) is 12.0 Å². The number of nitrogens with one attached hydrogen (secondary N) is 2. The zero-order chi connectivity index (χ0) is 15.1. The van der Waals surface area contributed by atoms with Crippen molar-refractivity contribution in [1.82, 2.24) is 15.5 Å². The van der Waals surface area contributed by atoms with Gasteiger partial charge in [0.2, 0.25) is 5.91 Å². The molecular weight excluding hydrogens is 270 g/mol. The molecule has 1 atom stereocenters. The second-order valence-corrected chi connectivity index (χ2v) is 4.20. The predicted octanol–water partition coefficient (Wildman–Crippen LogP) is -1.47. The van der Waals surface area contributed by atoms with Gasteiger partial charge >= 0.3 is 18.0 Å². The summed E-state index contributed by atoms with van der Waals surface area (Å²) in [4.78, 5) is 46.1. The molecule has 1 aliphatic heterocycles. The molecule has 0 aliphatic carbocycles. The minimum Gasteiger partial charge on any atom is -0.480 e. The van der Waals surface area contributed by atoms with Gasteiger partial charge in [0.15, 0.2) is 0 Å². The van der Waals surface area contributed by atoms with Crippen LogP contribution in [0.4, 0.5) is 4.79 Å². The fourth-order valence-corrected chi connectivity index (χ4v) is 1.89. The maximum Gasteiger partial charge on any atom is 0.328 e. The summed E-state index contributed by atoms with van der Waals surface area (Å²) in [5, 5.41) is 12.8. The van der Waals surface area contributed by atoms with Crippen LogP contribution in [-0.4, -0.2) is 66.7 Å². The first-order valence-corrected chi connectivity index (χ1v) is 6.06. The van der Waals surface area contributed by atoms with Gasteiger partial charge < -0.3 is 25.4 Å². The SMILES string of the molecule is COC(=O)C1CCCN1C(=O)NCC(=O)NCC(=O)O. The van der Waals surface area contributed by atoms with Crippen LogP contribution >= 0.6 is 0 Å². The molecule has 9 nitrogen and oxygen atoms in total. The molecule has 1 fully saturated rings. The van der Waals surface area contributed by atoms with E-state index in [1.807, 2.05) is 0 Å². The van der Waals surface area contributed by atoms with E-state index in [0.29, 0.717) is 19.4 Å². The number of aliphatic carboxylic acids is 1. The van der Waals surface area contributed by atoms with Crippen molar-refractivity contribution in [2.45, 2.75) is 18.9 Å². The summed E-state index contributed by atoms with van der Waals surface area (Å²) in [5.74, 6) is -2.28. The van der Waals surface area contributed by atoms with E-state index in [4.69, 9.17) is 5.11 Å². The zero-order valence-electron chi connectivity index (χ0n) is 11.0. The van der Waals surface area contributed by atoms with Crippen LogP contribution in [0.1, 0.15) is 12.8 Å². The predicted molar refractivity (Wildman–Crippen MR) is 65.8 cm³/mol. The highest BCUT2D eigenvalue weighted by Gasteiger charge is 2.34. The van der Waals surface area contributed by atoms with Crippen molar-refractivity contribution in [2.75, 3.05) is 26.7 Å². The van der Waals surface area contributed by atoms with Gasteiger partial charge in [-0.3, -0.25) is 9.59 Å². The van der Waals surface area contributed by atoms with Gasteiger partial charge in [-0.25, -0.2) is 9.59 Å². The van der Waals surface area contributed by atoms with Crippen molar-refractivity contribution in [3.63, 3.8) is 0 Å². The minimum atomic E-state index is -1.17. The molecule has 0 radical (unpaired) electrons. The fraction of sp³-hybridized carbons (Fsp3) is 0.636. The maximum absolute atomic E-state index is 11.8. The standard InChI is InChI=1S/C11H17N3O6/c1-20-10(18)7-3-2-4-14(7)11(19)13-5-8(15)12-6-9(16)17/h7H,2-6H2,1H3,(H,12,15)(H,13,19)(H,16,17). The lowest BCUT2D eigenvalue weighted by Gasteiger charge is -2.22. The summed E-state index contributed by atoms with van der Waals surface area (Å²) >= 11 is 0. The highest BCUT2D eigenvalue weighted by atomic mass is 16.5. The number of carboxylic acid groups (broad SMARTS) is 1. The number of carboxylic acids is 1. The van der Waals surface area contributed by atoms with Crippen molar-refractivity contribution in [3.8, 4) is 0 Å². The Labute approximate surface area is 115 Å². The Morgan fingerprint density at radius 3 is 2.55 bits per heavy atom. The van der Waals surface area contributed by atoms with E-state index in [2.05, 4.69) is 15.4 Å². The number of nitrogens with zero attached hydrogens (tertiary/aromatic N) is 1. The van der Waals surface area contributed by atoms with E-state index in [0.717, 1.165) is 0 Å². The molecule has 0 bridgehead atoms. The molecule has 0 aromatic carbocycles. The number of rotatable bonds is 5. The van der Waals surface area contributed by atoms with Gasteiger partial charge in [-0.15, -0.1) is 0 Å². The number of methoxy groups -OCH3 is 1. The Hall–Kier alpha value is -2.32. The number of carbonyl (C=O) groups is 4. The average molecular weight is 287 g/mol. The van der Waals surface area contributed by atoms with E-state index in [-0.39, 0.29) is 6.54 Å². The van der Waals surface area contributed by atoms with Crippen molar-refractivity contribution in [2.24, 2.45) is 0 Å². The van der Waals surface area contributed by atoms with Crippen LogP contribution in [0.15, 0.2) is 0 Å². The zero-order valence-corrected chi connectivity index (χ0v) is 11.0. The number of hydrogen-bond acceptors (Lipinski definition) is 5. The number of amides is 3. The van der Waals surface area contributed by atoms with Crippen LogP contribution in [0.5, 0.6) is 0 Å². The molecule has 9 heteroatoms. The van der Waals surface area contributed by atoms with Crippen molar-refractivity contribution in [1.29, 1.82) is 0 Å². The summed E-state index contributed by atoms with van der Waals surface area (Å²) in [7, 11) is 1.25. The second-order valence-electron chi connectivity index (χ2n) is 4.20. The highest BCUT2D eigenvalue weighted by Crippen LogP contribution is 2.18. The lowest BCUT2D eigenvalue weighted by Crippen LogP contribution is -2.49. The maximum atomic E-state index is 11.8. The van der Waals surface area contributed by atoms with Gasteiger partial charge in [0.1, 0.15) is 12.6 Å². The first-order chi connectivity index (χ1) is 9.45. The summed E-state index contributed by atoms with van der Waals surface area (Å²) < 4.78 is 4.60. The molecule has 3 amide bonds. The number of ether oxygens (including phenoxy) is 1. The Kier molecular flexibility index (Phi) is 5.75. The van der Waals surface area contributed by atoms with E-state index in [9.17, 15) is 19.2 Å². The molecule has 20 heavy (non-hydrogen) atoms. The molecule has 112 valence electrons. The number of carbonyl (C=O) groups excluding carboxylic acids is 3. The third kappa shape index (κ3) is 4.41. The molecule has 0 aromatic heterocycles. The fourth-order valence-electron chi connectivity index (χ4n) is 1.89. The second kappa shape index (κ2) is 7.31. The normalized spacial score (nSPS) is 17.4. The quantitative estimate of drug-likeness (QED) is 0.530. The van der Waals surface area contributed by atoms with Gasteiger partial charge in [-0.2, -0.15) is 0 Å². The molecule has 1 aliphatic rings. The summed E-state index contributed by atoms with van der Waals surface area (Å²) in [6, 6.07) is -1.19. The van der Waals surface area contributed by atoms with Gasteiger partial charge in [0.25, 0.3) is 0 Å². The highest BCUT2D eigenvalue weighted by molar-refractivity contribution is 5.88. The van der Waals surface area contributed by atoms with E-state index < -0.39 is 36.5 Å². The summed E-state index contributed by atoms with van der Waals surface area (Å²) in [5.41, 5.74) is 0. The lowest BCUT2D eigenvalue weighted by atomic mass is 10.2. The van der Waals surface area contributed by atoms with Gasteiger partial charge in [0.05, 0.1) is 13.7 Å². The Morgan fingerprint density at radius 2 is 1.95 bits per heavy atom. The molecule has 0 saturated carbocycles. The van der Waals surface area contributed by atoms with Gasteiger partial charge in [-0.1, -0.05) is 0 Å². The monoisotopic (exact) mass is 287 g/mol. The van der Waals surface area contributed by atoms with Crippen molar-refractivity contribution < 1.29 is 29.0 Å². The Balaban J connectivity index is 2.40. The van der Waals surface area contributed by atoms with Gasteiger partial charge in [0, 0.05) is 6.54 Å². The van der Waals surface area contributed by atoms with Crippen LogP contribution in [0.25, 0.3) is 0 Å². The number of hydrogen-bond donors (Lipinski definition) is 3. The largest absolute Gasteiger partial charge is 0.480 e. The molecule has 1 rings (SSSR count). The molecule has 0 aromatic rings. The summed E-state index contributed by atoms with van der Waals surface area (Å²) in [6.07, 6.45) is 1.20.